The van der Waals surface area contributed by atoms with Crippen molar-refractivity contribution >= 4 is 5.78 Å². The van der Waals surface area contributed by atoms with Crippen LogP contribution in [0.3, 0.4) is 0 Å². The van der Waals surface area contributed by atoms with Gasteiger partial charge in [-0.1, -0.05) is 12.1 Å². The number of halogens is 3. The van der Waals surface area contributed by atoms with E-state index in [-0.39, 0.29) is 23.5 Å². The molecule has 0 radical (unpaired) electrons. The quantitative estimate of drug-likeness (QED) is 0.801. The minimum Gasteiger partial charge on any atom is -0.304 e. The summed E-state index contributed by atoms with van der Waals surface area (Å²) in [5.41, 5.74) is -0.542. The normalized spacial score (nSPS) is 18.0. The van der Waals surface area contributed by atoms with Gasteiger partial charge in [0.25, 0.3) is 0 Å². The number of alkyl halides is 3. The van der Waals surface area contributed by atoms with Crippen molar-refractivity contribution in [3.8, 4) is 0 Å². The lowest BCUT2D eigenvalue weighted by molar-refractivity contribution is -0.138. The molecule has 1 saturated heterocycles. The Morgan fingerprint density at radius 3 is 2.38 bits per heavy atom. The largest absolute Gasteiger partial charge is 0.416 e. The number of carbonyl (C=O) groups is 1. The van der Waals surface area contributed by atoms with Crippen LogP contribution in [0.4, 0.5) is 13.2 Å². The third kappa shape index (κ3) is 3.83. The molecule has 6 heteroatoms. The molecule has 116 valence electrons. The van der Waals surface area contributed by atoms with Crippen molar-refractivity contribution in [1.82, 2.24) is 9.80 Å². The first-order valence-corrected chi connectivity index (χ1v) is 6.90. The fraction of sp³-hybridized carbons (Fsp3) is 0.533. The summed E-state index contributed by atoms with van der Waals surface area (Å²) in [5.74, 6) is -0.247. The molecule has 1 fully saturated rings. The van der Waals surface area contributed by atoms with Gasteiger partial charge in [0.15, 0.2) is 5.78 Å². The first kappa shape index (κ1) is 16.0. The third-order valence-corrected chi connectivity index (χ3v) is 3.90. The zero-order valence-corrected chi connectivity index (χ0v) is 12.2. The number of hydrogen-bond acceptors (Lipinski definition) is 3. The van der Waals surface area contributed by atoms with Gasteiger partial charge in [-0.15, -0.1) is 0 Å². The Kier molecular flexibility index (Phi) is 4.68. The van der Waals surface area contributed by atoms with Gasteiger partial charge < -0.3 is 4.90 Å². The van der Waals surface area contributed by atoms with Gasteiger partial charge in [0, 0.05) is 31.7 Å². The van der Waals surface area contributed by atoms with Gasteiger partial charge in [0.05, 0.1) is 12.1 Å². The number of carbonyl (C=O) groups excluding carboxylic acids is 1. The monoisotopic (exact) mass is 300 g/mol. The first-order chi connectivity index (χ1) is 9.79. The summed E-state index contributed by atoms with van der Waals surface area (Å²) >= 11 is 0. The Morgan fingerprint density at radius 1 is 1.19 bits per heavy atom. The summed E-state index contributed by atoms with van der Waals surface area (Å²) in [4.78, 5) is 16.4. The van der Waals surface area contributed by atoms with Gasteiger partial charge in [-0.3, -0.25) is 9.69 Å². The number of hydrogen-bond donors (Lipinski definition) is 0. The zero-order valence-electron chi connectivity index (χ0n) is 12.2. The SMILES string of the molecule is Cc1c(C(=O)CN2CCN(C)CC2)cccc1C(F)(F)F. The Bertz CT molecular complexity index is 520. The summed E-state index contributed by atoms with van der Waals surface area (Å²) in [5, 5.41) is 0. The standard InChI is InChI=1S/C15H19F3N2O/c1-11-12(4-3-5-13(11)15(16,17)18)14(21)10-20-8-6-19(2)7-9-20/h3-5H,6-10H2,1-2H3. The number of likely N-dealkylation sites (N-methyl/N-ethyl adjacent to an activating group) is 1. The summed E-state index contributed by atoms with van der Waals surface area (Å²) in [6, 6.07) is 3.79. The average Bonchev–Trinajstić information content (AvgIpc) is 2.40. The first-order valence-electron chi connectivity index (χ1n) is 6.90. The molecule has 0 amide bonds. The van der Waals surface area contributed by atoms with E-state index >= 15 is 0 Å². The second kappa shape index (κ2) is 6.15. The molecule has 3 nitrogen and oxygen atoms in total. The Balaban J connectivity index is 2.13. The fourth-order valence-electron chi connectivity index (χ4n) is 2.54. The second-order valence-corrected chi connectivity index (χ2v) is 5.48. The topological polar surface area (TPSA) is 23.6 Å². The molecule has 1 heterocycles. The van der Waals surface area contributed by atoms with Crippen LogP contribution in [-0.4, -0.2) is 55.4 Å². The van der Waals surface area contributed by atoms with Crippen LogP contribution in [0.5, 0.6) is 0 Å². The molecule has 0 atom stereocenters. The number of piperazine rings is 1. The highest BCUT2D eigenvalue weighted by atomic mass is 19.4. The molecule has 0 spiro atoms. The predicted octanol–water partition coefficient (Wildman–Crippen LogP) is 2.44. The van der Waals surface area contributed by atoms with Crippen LogP contribution in [0, 0.1) is 6.92 Å². The Labute approximate surface area is 122 Å². The molecule has 1 aromatic rings. The molecule has 2 rings (SSSR count). The van der Waals surface area contributed by atoms with Crippen molar-refractivity contribution in [2.24, 2.45) is 0 Å². The van der Waals surface area contributed by atoms with Crippen molar-refractivity contribution in [3.05, 3.63) is 34.9 Å². The van der Waals surface area contributed by atoms with Crippen LogP contribution >= 0.6 is 0 Å². The van der Waals surface area contributed by atoms with Gasteiger partial charge in [0.2, 0.25) is 0 Å². The van der Waals surface area contributed by atoms with Gasteiger partial charge in [-0.05, 0) is 25.6 Å². The minimum absolute atomic E-state index is 0.0177. The summed E-state index contributed by atoms with van der Waals surface area (Å²) < 4.78 is 38.6. The van der Waals surface area contributed by atoms with Gasteiger partial charge in [0.1, 0.15) is 0 Å². The molecule has 0 bridgehead atoms. The maximum absolute atomic E-state index is 12.9. The lowest BCUT2D eigenvalue weighted by Gasteiger charge is -2.31. The molecule has 0 aliphatic carbocycles. The van der Waals surface area contributed by atoms with Crippen molar-refractivity contribution in [2.75, 3.05) is 39.8 Å². The molecule has 1 aromatic carbocycles. The van der Waals surface area contributed by atoms with Crippen LogP contribution in [0.25, 0.3) is 0 Å². The van der Waals surface area contributed by atoms with E-state index in [4.69, 9.17) is 0 Å². The average molecular weight is 300 g/mol. The van der Waals surface area contributed by atoms with Crippen LogP contribution in [0.1, 0.15) is 21.5 Å². The van der Waals surface area contributed by atoms with E-state index in [1.807, 2.05) is 11.9 Å². The summed E-state index contributed by atoms with van der Waals surface area (Å²) in [7, 11) is 2.01. The van der Waals surface area contributed by atoms with Crippen molar-refractivity contribution in [1.29, 1.82) is 0 Å². The number of benzene rings is 1. The van der Waals surface area contributed by atoms with Gasteiger partial charge in [-0.2, -0.15) is 13.2 Å². The highest BCUT2D eigenvalue weighted by Gasteiger charge is 2.33. The van der Waals surface area contributed by atoms with Crippen LogP contribution in [0.15, 0.2) is 18.2 Å². The highest BCUT2D eigenvalue weighted by Crippen LogP contribution is 2.33. The maximum Gasteiger partial charge on any atom is 0.416 e. The number of nitrogens with zero attached hydrogens (tertiary/aromatic N) is 2. The van der Waals surface area contributed by atoms with E-state index in [9.17, 15) is 18.0 Å². The number of ketones is 1. The Morgan fingerprint density at radius 2 is 1.81 bits per heavy atom. The molecule has 0 aromatic heterocycles. The second-order valence-electron chi connectivity index (χ2n) is 5.48. The molecule has 21 heavy (non-hydrogen) atoms. The van der Waals surface area contributed by atoms with Crippen LogP contribution < -0.4 is 0 Å². The van der Waals surface area contributed by atoms with E-state index < -0.39 is 11.7 Å². The van der Waals surface area contributed by atoms with E-state index in [1.165, 1.54) is 19.1 Å². The van der Waals surface area contributed by atoms with Crippen molar-refractivity contribution in [3.63, 3.8) is 0 Å². The highest BCUT2D eigenvalue weighted by molar-refractivity contribution is 5.99. The summed E-state index contributed by atoms with van der Waals surface area (Å²) in [6.45, 7) is 4.81. The lowest BCUT2D eigenvalue weighted by Crippen LogP contribution is -2.46. The van der Waals surface area contributed by atoms with E-state index in [0.29, 0.717) is 0 Å². The van der Waals surface area contributed by atoms with Crippen LogP contribution in [-0.2, 0) is 6.18 Å². The molecular weight excluding hydrogens is 281 g/mol. The van der Waals surface area contributed by atoms with Crippen molar-refractivity contribution in [2.45, 2.75) is 13.1 Å². The minimum atomic E-state index is -4.42. The zero-order chi connectivity index (χ0) is 15.6. The van der Waals surface area contributed by atoms with Crippen LogP contribution in [0.2, 0.25) is 0 Å². The molecule has 1 aliphatic rings. The van der Waals surface area contributed by atoms with Gasteiger partial charge >= 0.3 is 6.18 Å². The van der Waals surface area contributed by atoms with Crippen molar-refractivity contribution < 1.29 is 18.0 Å². The molecule has 1 aliphatic heterocycles. The fourth-order valence-corrected chi connectivity index (χ4v) is 2.54. The summed E-state index contributed by atoms with van der Waals surface area (Å²) in [6.07, 6.45) is -4.42. The predicted molar refractivity (Wildman–Crippen MR) is 74.4 cm³/mol. The molecule has 0 unspecified atom stereocenters. The molecule has 0 N–H and O–H groups in total. The number of rotatable bonds is 3. The third-order valence-electron chi connectivity index (χ3n) is 3.90. The van der Waals surface area contributed by atoms with E-state index in [0.717, 1.165) is 32.2 Å². The smallest absolute Gasteiger partial charge is 0.304 e. The van der Waals surface area contributed by atoms with E-state index in [1.54, 1.807) is 0 Å². The van der Waals surface area contributed by atoms with Gasteiger partial charge in [-0.25, -0.2) is 0 Å². The lowest BCUT2D eigenvalue weighted by atomic mass is 9.98. The maximum atomic E-state index is 12.9. The number of Topliss-reactive ketones (excluding diaryl/α,β-unsaturated/α-hetero) is 1. The Hall–Kier alpha value is -1.40. The van der Waals surface area contributed by atoms with E-state index in [2.05, 4.69) is 4.90 Å². The molecular formula is C15H19F3N2O. The molecule has 0 saturated carbocycles.